The van der Waals surface area contributed by atoms with Crippen LogP contribution in [0.1, 0.15) is 15.9 Å². The Hall–Kier alpha value is -1.52. The van der Waals surface area contributed by atoms with Gasteiger partial charge in [0.05, 0.1) is 12.7 Å². The van der Waals surface area contributed by atoms with Crippen molar-refractivity contribution in [1.82, 2.24) is 0 Å². The van der Waals surface area contributed by atoms with Crippen molar-refractivity contribution in [3.8, 4) is 11.5 Å². The molecule has 20 heavy (non-hydrogen) atoms. The molecule has 2 rings (SSSR count). The molecule has 0 heterocycles. The topological polar surface area (TPSA) is 35.5 Å². The van der Waals surface area contributed by atoms with Crippen LogP contribution >= 0.6 is 27.5 Å². The van der Waals surface area contributed by atoms with E-state index in [1.165, 1.54) is 7.11 Å². The summed E-state index contributed by atoms with van der Waals surface area (Å²) in [5.41, 5.74) is 1.34. The van der Waals surface area contributed by atoms with Gasteiger partial charge in [-0.3, -0.25) is 4.79 Å². The second-order valence-corrected chi connectivity index (χ2v) is 5.32. The Labute approximate surface area is 130 Å². The van der Waals surface area contributed by atoms with Gasteiger partial charge >= 0.3 is 0 Å². The Balaban J connectivity index is 2.29. The van der Waals surface area contributed by atoms with Crippen LogP contribution in [0, 0.1) is 0 Å². The van der Waals surface area contributed by atoms with Crippen LogP contribution in [0.2, 0.25) is 5.02 Å². The molecule has 104 valence electrons. The molecular formula is C15H12BrClO3. The van der Waals surface area contributed by atoms with E-state index in [2.05, 4.69) is 15.9 Å². The van der Waals surface area contributed by atoms with Crippen molar-refractivity contribution in [2.45, 2.75) is 6.61 Å². The first-order chi connectivity index (χ1) is 9.65. The molecule has 2 aromatic rings. The largest absolute Gasteiger partial charge is 0.493 e. The molecule has 0 fully saturated rings. The van der Waals surface area contributed by atoms with Crippen molar-refractivity contribution in [3.05, 3.63) is 57.0 Å². The molecule has 0 aromatic heterocycles. The summed E-state index contributed by atoms with van der Waals surface area (Å²) < 4.78 is 11.9. The number of halogens is 2. The molecule has 0 spiro atoms. The fraction of sp³-hybridized carbons (Fsp3) is 0.133. The minimum atomic E-state index is 0.320. The summed E-state index contributed by atoms with van der Waals surface area (Å²) in [6.07, 6.45) is 0.698. The average molecular weight is 356 g/mol. The maximum atomic E-state index is 11.1. The Bertz CT molecular complexity index is 629. The molecular weight excluding hydrogens is 344 g/mol. The monoisotopic (exact) mass is 354 g/mol. The first-order valence-corrected chi connectivity index (χ1v) is 7.01. The van der Waals surface area contributed by atoms with E-state index in [-0.39, 0.29) is 0 Å². The molecule has 0 N–H and O–H groups in total. The van der Waals surface area contributed by atoms with Gasteiger partial charge in [-0.15, -0.1) is 0 Å². The normalized spacial score (nSPS) is 10.2. The summed E-state index contributed by atoms with van der Waals surface area (Å²) in [6.45, 7) is 0.320. The SMILES string of the molecule is COc1cc(Cl)cc(C=O)c1OCc1ccccc1Br. The zero-order valence-electron chi connectivity index (χ0n) is 10.7. The molecule has 0 amide bonds. The molecule has 0 atom stereocenters. The van der Waals surface area contributed by atoms with E-state index in [1.54, 1.807) is 12.1 Å². The highest BCUT2D eigenvalue weighted by Crippen LogP contribution is 2.34. The summed E-state index contributed by atoms with van der Waals surface area (Å²) in [4.78, 5) is 11.1. The zero-order valence-corrected chi connectivity index (χ0v) is 13.1. The minimum Gasteiger partial charge on any atom is -0.493 e. The van der Waals surface area contributed by atoms with Crippen molar-refractivity contribution in [1.29, 1.82) is 0 Å². The highest BCUT2D eigenvalue weighted by atomic mass is 79.9. The predicted molar refractivity (Wildman–Crippen MR) is 81.9 cm³/mol. The summed E-state index contributed by atoms with van der Waals surface area (Å²) in [7, 11) is 1.51. The number of carbonyl (C=O) groups is 1. The van der Waals surface area contributed by atoms with E-state index < -0.39 is 0 Å². The van der Waals surface area contributed by atoms with Crippen LogP contribution in [0.5, 0.6) is 11.5 Å². The molecule has 3 nitrogen and oxygen atoms in total. The fourth-order valence-electron chi connectivity index (χ4n) is 1.75. The van der Waals surface area contributed by atoms with E-state index in [0.29, 0.717) is 35.0 Å². The smallest absolute Gasteiger partial charge is 0.172 e. The van der Waals surface area contributed by atoms with Crippen molar-refractivity contribution in [2.24, 2.45) is 0 Å². The van der Waals surface area contributed by atoms with Gasteiger partial charge in [-0.1, -0.05) is 45.7 Å². The third-order valence-corrected chi connectivity index (χ3v) is 3.72. The van der Waals surface area contributed by atoms with Crippen molar-refractivity contribution >= 4 is 33.8 Å². The van der Waals surface area contributed by atoms with Gasteiger partial charge in [-0.25, -0.2) is 0 Å². The molecule has 0 aliphatic rings. The van der Waals surface area contributed by atoms with Crippen LogP contribution in [0.25, 0.3) is 0 Å². The molecule has 0 radical (unpaired) electrons. The number of hydrogen-bond donors (Lipinski definition) is 0. The third kappa shape index (κ3) is 3.32. The van der Waals surface area contributed by atoms with E-state index in [0.717, 1.165) is 10.0 Å². The molecule has 0 aliphatic heterocycles. The van der Waals surface area contributed by atoms with Crippen LogP contribution in [0.3, 0.4) is 0 Å². The van der Waals surface area contributed by atoms with Gasteiger partial charge in [0.2, 0.25) is 0 Å². The molecule has 0 bridgehead atoms. The molecule has 0 saturated heterocycles. The highest BCUT2D eigenvalue weighted by Gasteiger charge is 2.13. The maximum Gasteiger partial charge on any atom is 0.172 e. The lowest BCUT2D eigenvalue weighted by molar-refractivity contribution is 0.111. The Kier molecular flexibility index (Phi) is 5.04. The average Bonchev–Trinajstić information content (AvgIpc) is 2.46. The van der Waals surface area contributed by atoms with Crippen LogP contribution in [-0.2, 0) is 6.61 Å². The van der Waals surface area contributed by atoms with Crippen molar-refractivity contribution < 1.29 is 14.3 Å². The zero-order chi connectivity index (χ0) is 14.5. The molecule has 0 saturated carbocycles. The Morgan fingerprint density at radius 2 is 2.05 bits per heavy atom. The number of aldehydes is 1. The van der Waals surface area contributed by atoms with Gasteiger partial charge in [0.1, 0.15) is 6.61 Å². The van der Waals surface area contributed by atoms with Crippen LogP contribution in [0.4, 0.5) is 0 Å². The maximum absolute atomic E-state index is 11.1. The fourth-order valence-corrected chi connectivity index (χ4v) is 2.36. The first kappa shape index (κ1) is 14.9. The quantitative estimate of drug-likeness (QED) is 0.741. The van der Waals surface area contributed by atoms with Gasteiger partial charge in [-0.2, -0.15) is 0 Å². The second kappa shape index (κ2) is 6.77. The van der Waals surface area contributed by atoms with E-state index >= 15 is 0 Å². The van der Waals surface area contributed by atoms with Gasteiger partial charge in [0, 0.05) is 21.1 Å². The molecule has 2 aromatic carbocycles. The number of ether oxygens (including phenoxy) is 2. The van der Waals surface area contributed by atoms with Gasteiger partial charge in [0.15, 0.2) is 17.8 Å². The predicted octanol–water partition coefficient (Wildman–Crippen LogP) is 4.50. The van der Waals surface area contributed by atoms with Gasteiger partial charge < -0.3 is 9.47 Å². The summed E-state index contributed by atoms with van der Waals surface area (Å²) in [5.74, 6) is 0.828. The molecule has 0 unspecified atom stereocenters. The lowest BCUT2D eigenvalue weighted by atomic mass is 10.2. The van der Waals surface area contributed by atoms with Crippen LogP contribution < -0.4 is 9.47 Å². The first-order valence-electron chi connectivity index (χ1n) is 5.84. The standard InChI is InChI=1S/C15H12BrClO3/c1-19-14-7-12(17)6-11(8-18)15(14)20-9-10-4-2-3-5-13(10)16/h2-8H,9H2,1H3. The van der Waals surface area contributed by atoms with Gasteiger partial charge in [-0.05, 0) is 12.1 Å². The second-order valence-electron chi connectivity index (χ2n) is 4.02. The summed E-state index contributed by atoms with van der Waals surface area (Å²) in [6, 6.07) is 10.9. The van der Waals surface area contributed by atoms with Crippen LogP contribution in [0.15, 0.2) is 40.9 Å². The number of rotatable bonds is 5. The molecule has 5 heteroatoms. The third-order valence-electron chi connectivity index (χ3n) is 2.73. The van der Waals surface area contributed by atoms with E-state index in [4.69, 9.17) is 21.1 Å². The van der Waals surface area contributed by atoms with Crippen molar-refractivity contribution in [3.63, 3.8) is 0 Å². The minimum absolute atomic E-state index is 0.320. The number of hydrogen-bond acceptors (Lipinski definition) is 3. The van der Waals surface area contributed by atoms with E-state index in [9.17, 15) is 4.79 Å². The lowest BCUT2D eigenvalue weighted by Gasteiger charge is -2.14. The number of methoxy groups -OCH3 is 1. The van der Waals surface area contributed by atoms with E-state index in [1.807, 2.05) is 24.3 Å². The lowest BCUT2D eigenvalue weighted by Crippen LogP contribution is -2.01. The summed E-state index contributed by atoms with van der Waals surface area (Å²) in [5, 5.41) is 0.428. The van der Waals surface area contributed by atoms with Crippen LogP contribution in [-0.4, -0.2) is 13.4 Å². The van der Waals surface area contributed by atoms with Gasteiger partial charge in [0.25, 0.3) is 0 Å². The van der Waals surface area contributed by atoms with Crippen molar-refractivity contribution in [2.75, 3.05) is 7.11 Å². The molecule has 0 aliphatic carbocycles. The Morgan fingerprint density at radius 3 is 2.70 bits per heavy atom. The number of carbonyl (C=O) groups excluding carboxylic acids is 1. The Morgan fingerprint density at radius 1 is 1.30 bits per heavy atom. The summed E-state index contributed by atoms with van der Waals surface area (Å²) >= 11 is 9.37. The number of benzene rings is 2. The highest BCUT2D eigenvalue weighted by molar-refractivity contribution is 9.10.